The summed E-state index contributed by atoms with van der Waals surface area (Å²) in [4.78, 5) is 0. The Hall–Kier alpha value is -1.25. The molecule has 0 saturated heterocycles. The van der Waals surface area contributed by atoms with Gasteiger partial charge in [-0.1, -0.05) is 54.1 Å². The van der Waals surface area contributed by atoms with E-state index in [9.17, 15) is 0 Å². The maximum absolute atomic E-state index is 6.56. The lowest BCUT2D eigenvalue weighted by Gasteiger charge is -2.22. The maximum Gasteiger partial charge on any atom is 0.0418 e. The van der Waals surface area contributed by atoms with Crippen LogP contribution < -0.4 is 5.73 Å². The van der Waals surface area contributed by atoms with Crippen molar-refractivity contribution in [3.8, 4) is 0 Å². The van der Waals surface area contributed by atoms with Crippen LogP contribution in [0.1, 0.15) is 41.1 Å². The summed E-state index contributed by atoms with van der Waals surface area (Å²) in [5, 5.41) is 0.522. The predicted molar refractivity (Wildman–Crippen MR) is 92.6 cm³/mol. The second-order valence-corrected chi connectivity index (χ2v) is 7.18. The Bertz CT molecular complexity index is 608. The quantitative estimate of drug-likeness (QED) is 0.836. The van der Waals surface area contributed by atoms with Crippen LogP contribution in [-0.2, 0) is 12.2 Å². The zero-order valence-corrected chi connectivity index (χ0v) is 13.4. The van der Waals surface area contributed by atoms with Crippen LogP contribution in [0.5, 0.6) is 0 Å². The monoisotopic (exact) mass is 297 g/mol. The molecule has 1 aliphatic rings. The van der Waals surface area contributed by atoms with Gasteiger partial charge in [-0.05, 0) is 42.9 Å². The van der Waals surface area contributed by atoms with Crippen molar-refractivity contribution in [2.45, 2.75) is 43.2 Å². The molecule has 21 heavy (non-hydrogen) atoms. The molecule has 0 amide bonds. The largest absolute Gasteiger partial charge is 0.323 e. The third-order valence-electron chi connectivity index (χ3n) is 4.30. The van der Waals surface area contributed by atoms with Crippen LogP contribution in [-0.4, -0.2) is 5.25 Å². The summed E-state index contributed by atoms with van der Waals surface area (Å²) in [6.45, 7) is 2.15. The molecule has 0 radical (unpaired) electrons. The van der Waals surface area contributed by atoms with Gasteiger partial charge in [0, 0.05) is 17.0 Å². The highest BCUT2D eigenvalue weighted by atomic mass is 32.2. The van der Waals surface area contributed by atoms with Crippen LogP contribution in [0.3, 0.4) is 0 Å². The van der Waals surface area contributed by atoms with Crippen molar-refractivity contribution in [2.75, 3.05) is 0 Å². The van der Waals surface area contributed by atoms with E-state index in [1.165, 1.54) is 41.5 Å². The van der Waals surface area contributed by atoms with Crippen molar-refractivity contribution in [1.29, 1.82) is 0 Å². The number of aryl methyl sites for hydroxylation is 2. The van der Waals surface area contributed by atoms with Crippen LogP contribution in [0.2, 0.25) is 0 Å². The average molecular weight is 297 g/mol. The lowest BCUT2D eigenvalue weighted by atomic mass is 10.00. The minimum atomic E-state index is 0.165. The van der Waals surface area contributed by atoms with E-state index in [2.05, 4.69) is 55.5 Å². The Morgan fingerprint density at radius 2 is 2.00 bits per heavy atom. The van der Waals surface area contributed by atoms with Gasteiger partial charge in [0.05, 0.1) is 0 Å². The smallest absolute Gasteiger partial charge is 0.0418 e. The highest BCUT2D eigenvalue weighted by molar-refractivity contribution is 7.99. The highest BCUT2D eigenvalue weighted by Crippen LogP contribution is 2.35. The topological polar surface area (TPSA) is 26.0 Å². The number of hydrogen-bond acceptors (Lipinski definition) is 2. The SMILES string of the molecule is Cc1cccc(CSC2CCCc3ccccc3C2N)c1. The molecule has 0 saturated carbocycles. The Labute approximate surface area is 132 Å². The molecule has 2 unspecified atom stereocenters. The summed E-state index contributed by atoms with van der Waals surface area (Å²) in [6.07, 6.45) is 3.63. The molecule has 110 valence electrons. The van der Waals surface area contributed by atoms with Gasteiger partial charge in [0.25, 0.3) is 0 Å². The molecule has 0 heterocycles. The lowest BCUT2D eigenvalue weighted by Crippen LogP contribution is -2.23. The minimum absolute atomic E-state index is 0.165. The van der Waals surface area contributed by atoms with Crippen LogP contribution >= 0.6 is 11.8 Å². The Morgan fingerprint density at radius 1 is 1.14 bits per heavy atom. The number of rotatable bonds is 3. The summed E-state index contributed by atoms with van der Waals surface area (Å²) in [6, 6.07) is 17.7. The number of fused-ring (bicyclic) bond motifs is 1. The van der Waals surface area contributed by atoms with Gasteiger partial charge in [0.1, 0.15) is 0 Å². The van der Waals surface area contributed by atoms with Crippen molar-refractivity contribution in [2.24, 2.45) is 5.73 Å². The fraction of sp³-hybridized carbons (Fsp3) is 0.368. The summed E-state index contributed by atoms with van der Waals surface area (Å²) in [5.41, 5.74) is 12.1. The molecule has 1 nitrogen and oxygen atoms in total. The van der Waals surface area contributed by atoms with Crippen LogP contribution in [0.15, 0.2) is 48.5 Å². The van der Waals surface area contributed by atoms with E-state index in [0.29, 0.717) is 5.25 Å². The first kappa shape index (κ1) is 14.7. The first-order chi connectivity index (χ1) is 10.2. The molecule has 0 bridgehead atoms. The third-order valence-corrected chi connectivity index (χ3v) is 5.75. The average Bonchev–Trinajstić information content (AvgIpc) is 2.65. The van der Waals surface area contributed by atoms with E-state index in [-0.39, 0.29) is 6.04 Å². The van der Waals surface area contributed by atoms with Crippen molar-refractivity contribution in [1.82, 2.24) is 0 Å². The Kier molecular flexibility index (Phi) is 4.67. The van der Waals surface area contributed by atoms with Crippen molar-refractivity contribution in [3.05, 3.63) is 70.8 Å². The maximum atomic E-state index is 6.56. The van der Waals surface area contributed by atoms with Gasteiger partial charge in [-0.2, -0.15) is 11.8 Å². The second kappa shape index (κ2) is 6.67. The first-order valence-corrected chi connectivity index (χ1v) is 8.79. The molecular formula is C19H23NS. The van der Waals surface area contributed by atoms with E-state index in [4.69, 9.17) is 5.73 Å². The van der Waals surface area contributed by atoms with Gasteiger partial charge in [-0.15, -0.1) is 0 Å². The van der Waals surface area contributed by atoms with Gasteiger partial charge in [0.15, 0.2) is 0 Å². The fourth-order valence-corrected chi connectivity index (χ4v) is 4.43. The molecule has 2 aromatic carbocycles. The fourth-order valence-electron chi connectivity index (χ4n) is 3.15. The van der Waals surface area contributed by atoms with E-state index >= 15 is 0 Å². The summed E-state index contributed by atoms with van der Waals surface area (Å²) in [7, 11) is 0. The van der Waals surface area contributed by atoms with Gasteiger partial charge < -0.3 is 5.73 Å². The standard InChI is InChI=1S/C19H23NS/c1-14-6-4-7-15(12-14)13-21-18-11-5-9-16-8-2-3-10-17(16)19(18)20/h2-4,6-8,10,12,18-19H,5,9,11,13,20H2,1H3. The summed E-state index contributed by atoms with van der Waals surface area (Å²) < 4.78 is 0. The highest BCUT2D eigenvalue weighted by Gasteiger charge is 2.24. The summed E-state index contributed by atoms with van der Waals surface area (Å²) >= 11 is 2.02. The third kappa shape index (κ3) is 3.50. The predicted octanol–water partition coefficient (Wildman–Crippen LogP) is 4.63. The van der Waals surface area contributed by atoms with E-state index < -0.39 is 0 Å². The Balaban J connectivity index is 1.71. The zero-order valence-electron chi connectivity index (χ0n) is 12.6. The molecule has 0 spiro atoms. The molecule has 2 atom stereocenters. The van der Waals surface area contributed by atoms with Crippen LogP contribution in [0.4, 0.5) is 0 Å². The van der Waals surface area contributed by atoms with E-state index in [1.807, 2.05) is 11.8 Å². The molecule has 2 aromatic rings. The van der Waals surface area contributed by atoms with Gasteiger partial charge in [-0.3, -0.25) is 0 Å². The molecule has 1 aliphatic carbocycles. The lowest BCUT2D eigenvalue weighted by molar-refractivity contribution is 0.632. The number of benzene rings is 2. The van der Waals surface area contributed by atoms with E-state index in [0.717, 1.165) is 5.75 Å². The molecule has 0 fully saturated rings. The van der Waals surface area contributed by atoms with Crippen molar-refractivity contribution < 1.29 is 0 Å². The Morgan fingerprint density at radius 3 is 2.86 bits per heavy atom. The van der Waals surface area contributed by atoms with Crippen molar-refractivity contribution >= 4 is 11.8 Å². The first-order valence-electron chi connectivity index (χ1n) is 7.74. The molecule has 0 aliphatic heterocycles. The molecule has 3 rings (SSSR count). The van der Waals surface area contributed by atoms with Gasteiger partial charge in [0.2, 0.25) is 0 Å². The molecule has 2 heteroatoms. The van der Waals surface area contributed by atoms with E-state index in [1.54, 1.807) is 0 Å². The molecule has 0 aromatic heterocycles. The second-order valence-electron chi connectivity index (χ2n) is 5.96. The van der Waals surface area contributed by atoms with Crippen LogP contribution in [0.25, 0.3) is 0 Å². The molecule has 2 N–H and O–H groups in total. The number of hydrogen-bond donors (Lipinski definition) is 1. The molecular weight excluding hydrogens is 274 g/mol. The van der Waals surface area contributed by atoms with Gasteiger partial charge >= 0.3 is 0 Å². The van der Waals surface area contributed by atoms with Crippen LogP contribution in [0, 0.1) is 6.92 Å². The van der Waals surface area contributed by atoms with Crippen molar-refractivity contribution in [3.63, 3.8) is 0 Å². The number of thioether (sulfide) groups is 1. The number of nitrogens with two attached hydrogens (primary N) is 1. The normalized spacial score (nSPS) is 21.6. The summed E-state index contributed by atoms with van der Waals surface area (Å²) in [5.74, 6) is 1.06. The van der Waals surface area contributed by atoms with Gasteiger partial charge in [-0.25, -0.2) is 0 Å². The minimum Gasteiger partial charge on any atom is -0.323 e. The zero-order chi connectivity index (χ0) is 14.7.